The summed E-state index contributed by atoms with van der Waals surface area (Å²) in [4.78, 5) is 0. The quantitative estimate of drug-likeness (QED) is 0.882. The Morgan fingerprint density at radius 2 is 1.95 bits per heavy atom. The zero-order valence-electron chi connectivity index (χ0n) is 10.5. The van der Waals surface area contributed by atoms with Crippen molar-refractivity contribution in [3.05, 3.63) is 22.2 Å². The Kier molecular flexibility index (Phi) is 4.98. The maximum Gasteiger partial charge on any atom is 0.301 e. The van der Waals surface area contributed by atoms with Gasteiger partial charge < -0.3 is 9.84 Å². The van der Waals surface area contributed by atoms with Crippen LogP contribution in [0.2, 0.25) is 10.0 Å². The number of rotatable bonds is 3. The van der Waals surface area contributed by atoms with Gasteiger partial charge in [-0.15, -0.1) is 0 Å². The Morgan fingerprint density at radius 1 is 1.20 bits per heavy atom. The second-order valence-corrected chi connectivity index (χ2v) is 6.74. The highest BCUT2D eigenvalue weighted by molar-refractivity contribution is 7.90. The van der Waals surface area contributed by atoms with Crippen molar-refractivity contribution in [2.45, 2.75) is 6.42 Å². The molecule has 1 aromatic rings. The molecule has 1 saturated heterocycles. The number of benzene rings is 1. The summed E-state index contributed by atoms with van der Waals surface area (Å²) in [6.07, 6.45) is 0.626. The fourth-order valence-electron chi connectivity index (χ4n) is 1.78. The van der Waals surface area contributed by atoms with Crippen molar-refractivity contribution >= 4 is 39.1 Å². The topological polar surface area (TPSA) is 78.9 Å². The van der Waals surface area contributed by atoms with Gasteiger partial charge in [-0.05, 0) is 12.5 Å². The second kappa shape index (κ2) is 6.36. The first-order valence-electron chi connectivity index (χ1n) is 5.94. The van der Waals surface area contributed by atoms with Gasteiger partial charge in [0.05, 0.1) is 22.3 Å². The van der Waals surface area contributed by atoms with Crippen LogP contribution in [0, 0.1) is 0 Å². The summed E-state index contributed by atoms with van der Waals surface area (Å²) in [6.45, 7) is 1.52. The second-order valence-electron chi connectivity index (χ2n) is 4.26. The normalized spacial score (nSPS) is 17.7. The van der Waals surface area contributed by atoms with Crippen LogP contribution in [0.5, 0.6) is 5.75 Å². The van der Waals surface area contributed by atoms with E-state index in [0.717, 1.165) is 0 Å². The highest BCUT2D eigenvalue weighted by Gasteiger charge is 2.24. The minimum atomic E-state index is -3.75. The standard InChI is InChI=1S/C11H14Cl2N2O4S/c12-8-6-9(13)11(16)7-10(8)14-20(17,18)15-2-1-4-19-5-3-15/h6-7,14,16H,1-5H2. The number of hydrogen-bond donors (Lipinski definition) is 2. The molecule has 1 aromatic carbocycles. The molecule has 9 heteroatoms. The van der Waals surface area contributed by atoms with Crippen molar-refractivity contribution in [1.29, 1.82) is 0 Å². The molecule has 6 nitrogen and oxygen atoms in total. The van der Waals surface area contributed by atoms with E-state index in [1.807, 2.05) is 0 Å². The third-order valence-electron chi connectivity index (χ3n) is 2.80. The van der Waals surface area contributed by atoms with E-state index in [-0.39, 0.29) is 28.0 Å². The lowest BCUT2D eigenvalue weighted by Gasteiger charge is -2.20. The van der Waals surface area contributed by atoms with Crippen molar-refractivity contribution in [2.24, 2.45) is 0 Å². The first-order chi connectivity index (χ1) is 9.40. The summed E-state index contributed by atoms with van der Waals surface area (Å²) < 4.78 is 33.3. The zero-order valence-corrected chi connectivity index (χ0v) is 12.8. The molecule has 0 atom stereocenters. The van der Waals surface area contributed by atoms with Crippen LogP contribution in [0.15, 0.2) is 12.1 Å². The van der Waals surface area contributed by atoms with Gasteiger partial charge in [0.25, 0.3) is 0 Å². The third kappa shape index (κ3) is 3.67. The first-order valence-corrected chi connectivity index (χ1v) is 8.13. The molecule has 0 amide bonds. The van der Waals surface area contributed by atoms with Crippen LogP contribution < -0.4 is 4.72 Å². The van der Waals surface area contributed by atoms with E-state index in [1.54, 1.807) is 0 Å². The number of hydrogen-bond acceptors (Lipinski definition) is 4. The molecule has 0 radical (unpaired) electrons. The van der Waals surface area contributed by atoms with Crippen LogP contribution in [0.4, 0.5) is 5.69 Å². The van der Waals surface area contributed by atoms with Gasteiger partial charge in [-0.1, -0.05) is 23.2 Å². The summed E-state index contributed by atoms with van der Waals surface area (Å²) in [5.74, 6) is -0.243. The van der Waals surface area contributed by atoms with E-state index in [1.165, 1.54) is 16.4 Å². The van der Waals surface area contributed by atoms with Crippen LogP contribution in [0.3, 0.4) is 0 Å². The minimum Gasteiger partial charge on any atom is -0.506 e. The number of ether oxygens (including phenoxy) is 1. The summed E-state index contributed by atoms with van der Waals surface area (Å²) in [5.41, 5.74) is 0.0822. The molecule has 0 saturated carbocycles. The molecule has 0 unspecified atom stereocenters. The van der Waals surface area contributed by atoms with E-state index >= 15 is 0 Å². The lowest BCUT2D eigenvalue weighted by molar-refractivity contribution is 0.148. The molecule has 1 fully saturated rings. The molecule has 20 heavy (non-hydrogen) atoms. The number of phenols is 1. The van der Waals surface area contributed by atoms with Crippen LogP contribution in [-0.2, 0) is 14.9 Å². The molecule has 2 rings (SSSR count). The number of nitrogens with one attached hydrogen (secondary N) is 1. The Bertz CT molecular complexity index is 586. The van der Waals surface area contributed by atoms with E-state index in [2.05, 4.69) is 4.72 Å². The van der Waals surface area contributed by atoms with Crippen LogP contribution in [0.25, 0.3) is 0 Å². The summed E-state index contributed by atoms with van der Waals surface area (Å²) in [7, 11) is -3.75. The first kappa shape index (κ1) is 15.7. The summed E-state index contributed by atoms with van der Waals surface area (Å²) in [5, 5.41) is 9.69. The van der Waals surface area contributed by atoms with E-state index in [0.29, 0.717) is 26.2 Å². The zero-order chi connectivity index (χ0) is 14.8. The smallest absolute Gasteiger partial charge is 0.301 e. The van der Waals surface area contributed by atoms with Crippen molar-refractivity contribution in [3.8, 4) is 5.75 Å². The predicted molar refractivity (Wildman–Crippen MR) is 77.7 cm³/mol. The fourth-order valence-corrected chi connectivity index (χ4v) is 3.53. The van der Waals surface area contributed by atoms with Gasteiger partial charge in [-0.2, -0.15) is 12.7 Å². The molecule has 1 aliphatic heterocycles. The predicted octanol–water partition coefficient (Wildman–Crippen LogP) is 2.08. The Hall–Kier alpha value is -0.730. The largest absolute Gasteiger partial charge is 0.506 e. The molecule has 0 bridgehead atoms. The van der Waals surface area contributed by atoms with Crippen LogP contribution >= 0.6 is 23.2 Å². The molecule has 0 spiro atoms. The molecular weight excluding hydrogens is 327 g/mol. The molecule has 1 aliphatic rings. The monoisotopic (exact) mass is 340 g/mol. The number of aromatic hydroxyl groups is 1. The lowest BCUT2D eigenvalue weighted by Crippen LogP contribution is -2.37. The van der Waals surface area contributed by atoms with Gasteiger partial charge in [-0.25, -0.2) is 0 Å². The average molecular weight is 341 g/mol. The molecule has 0 aliphatic carbocycles. The van der Waals surface area contributed by atoms with Gasteiger partial charge >= 0.3 is 10.2 Å². The third-order valence-corrected chi connectivity index (χ3v) is 4.93. The summed E-state index contributed by atoms with van der Waals surface area (Å²) in [6, 6.07) is 2.46. The van der Waals surface area contributed by atoms with E-state index in [4.69, 9.17) is 27.9 Å². The lowest BCUT2D eigenvalue weighted by atomic mass is 10.3. The molecule has 112 valence electrons. The maximum absolute atomic E-state index is 12.2. The number of nitrogens with zero attached hydrogens (tertiary/aromatic N) is 1. The Balaban J connectivity index is 2.21. The number of anilines is 1. The van der Waals surface area contributed by atoms with Crippen molar-refractivity contribution < 1.29 is 18.3 Å². The van der Waals surface area contributed by atoms with Crippen molar-refractivity contribution in [2.75, 3.05) is 31.0 Å². The number of halogens is 2. The molecule has 1 heterocycles. The Morgan fingerprint density at radius 3 is 2.70 bits per heavy atom. The summed E-state index contributed by atoms with van der Waals surface area (Å²) >= 11 is 11.6. The fraction of sp³-hybridized carbons (Fsp3) is 0.455. The van der Waals surface area contributed by atoms with E-state index in [9.17, 15) is 13.5 Å². The van der Waals surface area contributed by atoms with Gasteiger partial charge in [-0.3, -0.25) is 4.72 Å². The SMILES string of the molecule is O=S(=O)(Nc1cc(O)c(Cl)cc1Cl)N1CCCOCC1. The van der Waals surface area contributed by atoms with Gasteiger partial charge in [0, 0.05) is 25.8 Å². The van der Waals surface area contributed by atoms with Crippen LogP contribution in [0.1, 0.15) is 6.42 Å². The molecule has 0 aromatic heterocycles. The minimum absolute atomic E-state index is 0.0566. The van der Waals surface area contributed by atoms with Gasteiger partial charge in [0.2, 0.25) is 0 Å². The van der Waals surface area contributed by atoms with Crippen molar-refractivity contribution in [1.82, 2.24) is 4.31 Å². The Labute approximate surface area is 127 Å². The van der Waals surface area contributed by atoms with Gasteiger partial charge in [0.15, 0.2) is 0 Å². The number of phenolic OH excluding ortho intramolecular Hbond substituents is 1. The average Bonchev–Trinajstić information content (AvgIpc) is 2.65. The highest BCUT2D eigenvalue weighted by atomic mass is 35.5. The molecular formula is C11H14Cl2N2O4S. The molecule has 2 N–H and O–H groups in total. The van der Waals surface area contributed by atoms with Gasteiger partial charge in [0.1, 0.15) is 5.75 Å². The van der Waals surface area contributed by atoms with E-state index < -0.39 is 10.2 Å². The van der Waals surface area contributed by atoms with Crippen molar-refractivity contribution in [3.63, 3.8) is 0 Å². The highest BCUT2D eigenvalue weighted by Crippen LogP contribution is 2.34. The van der Waals surface area contributed by atoms with Crippen LogP contribution in [-0.4, -0.2) is 44.1 Å². The maximum atomic E-state index is 12.2.